The van der Waals surface area contributed by atoms with Gasteiger partial charge in [0, 0.05) is 5.92 Å². The van der Waals surface area contributed by atoms with Gasteiger partial charge in [0.2, 0.25) is 5.89 Å². The minimum atomic E-state index is -0.743. The molecule has 0 bridgehead atoms. The number of aromatic nitrogens is 2. The van der Waals surface area contributed by atoms with Gasteiger partial charge in [-0.1, -0.05) is 18.0 Å². The number of carboxylic acids is 1. The number of hydrogen-bond donors (Lipinski definition) is 1. The first-order chi connectivity index (χ1) is 9.24. The number of carboxylic acid groups (broad SMARTS) is 1. The SMILES string of the molecule is O=C(O)C1CCCCCN1Cc1noc(C2CC2)n1. The fourth-order valence-corrected chi connectivity index (χ4v) is 2.65. The van der Waals surface area contributed by atoms with Crippen molar-refractivity contribution in [2.24, 2.45) is 0 Å². The zero-order valence-corrected chi connectivity index (χ0v) is 10.9. The van der Waals surface area contributed by atoms with Crippen LogP contribution in [0.1, 0.15) is 56.2 Å². The highest BCUT2D eigenvalue weighted by molar-refractivity contribution is 5.73. The van der Waals surface area contributed by atoms with Crippen LogP contribution in [0.3, 0.4) is 0 Å². The van der Waals surface area contributed by atoms with Crippen LogP contribution in [0.5, 0.6) is 0 Å². The lowest BCUT2D eigenvalue weighted by molar-refractivity contribution is -0.143. The van der Waals surface area contributed by atoms with Crippen molar-refractivity contribution < 1.29 is 14.4 Å². The highest BCUT2D eigenvalue weighted by Gasteiger charge is 2.31. The molecule has 0 amide bonds. The van der Waals surface area contributed by atoms with Gasteiger partial charge in [0.05, 0.1) is 6.54 Å². The summed E-state index contributed by atoms with van der Waals surface area (Å²) in [5, 5.41) is 13.3. The zero-order valence-electron chi connectivity index (χ0n) is 10.9. The molecule has 2 aliphatic rings. The molecule has 104 valence electrons. The van der Waals surface area contributed by atoms with Crippen molar-refractivity contribution in [1.29, 1.82) is 0 Å². The largest absolute Gasteiger partial charge is 0.480 e. The van der Waals surface area contributed by atoms with Crippen molar-refractivity contribution >= 4 is 5.97 Å². The topological polar surface area (TPSA) is 79.5 Å². The Kier molecular flexibility index (Phi) is 3.50. The van der Waals surface area contributed by atoms with Crippen molar-refractivity contribution in [1.82, 2.24) is 15.0 Å². The highest BCUT2D eigenvalue weighted by Crippen LogP contribution is 2.38. The Morgan fingerprint density at radius 1 is 1.32 bits per heavy atom. The molecule has 2 fully saturated rings. The van der Waals surface area contributed by atoms with Crippen molar-refractivity contribution in [3.05, 3.63) is 11.7 Å². The first kappa shape index (κ1) is 12.6. The van der Waals surface area contributed by atoms with Crippen LogP contribution < -0.4 is 0 Å². The molecule has 1 aromatic heterocycles. The van der Waals surface area contributed by atoms with Crippen molar-refractivity contribution in [2.45, 2.75) is 57.0 Å². The third-order valence-electron chi connectivity index (χ3n) is 3.90. The molecule has 1 N–H and O–H groups in total. The van der Waals surface area contributed by atoms with Crippen molar-refractivity contribution in [3.63, 3.8) is 0 Å². The average Bonchev–Trinajstić information content (AvgIpc) is 3.15. The fourth-order valence-electron chi connectivity index (χ4n) is 2.65. The van der Waals surface area contributed by atoms with Crippen LogP contribution in [0.2, 0.25) is 0 Å². The maximum absolute atomic E-state index is 11.3. The summed E-state index contributed by atoms with van der Waals surface area (Å²) in [5.41, 5.74) is 0. The van der Waals surface area contributed by atoms with E-state index in [4.69, 9.17) is 4.52 Å². The molecule has 1 aliphatic heterocycles. The van der Waals surface area contributed by atoms with Crippen molar-refractivity contribution in [2.75, 3.05) is 6.54 Å². The van der Waals surface area contributed by atoms with Gasteiger partial charge in [-0.25, -0.2) is 0 Å². The Morgan fingerprint density at radius 2 is 2.16 bits per heavy atom. The Morgan fingerprint density at radius 3 is 2.89 bits per heavy atom. The average molecular weight is 265 g/mol. The van der Waals surface area contributed by atoms with E-state index in [2.05, 4.69) is 10.1 Å². The van der Waals surface area contributed by atoms with Gasteiger partial charge in [-0.15, -0.1) is 0 Å². The van der Waals surface area contributed by atoms with Gasteiger partial charge >= 0.3 is 5.97 Å². The lowest BCUT2D eigenvalue weighted by Crippen LogP contribution is -2.40. The van der Waals surface area contributed by atoms with E-state index in [9.17, 15) is 9.90 Å². The van der Waals surface area contributed by atoms with E-state index in [0.717, 1.165) is 44.5 Å². The third kappa shape index (κ3) is 2.94. The van der Waals surface area contributed by atoms with Crippen molar-refractivity contribution in [3.8, 4) is 0 Å². The Balaban J connectivity index is 1.68. The Bertz CT molecular complexity index is 456. The number of rotatable bonds is 4. The molecule has 6 heteroatoms. The Labute approximate surface area is 111 Å². The molecule has 0 radical (unpaired) electrons. The lowest BCUT2D eigenvalue weighted by atomic mass is 10.1. The second kappa shape index (κ2) is 5.28. The van der Waals surface area contributed by atoms with Crippen LogP contribution in [-0.2, 0) is 11.3 Å². The molecule has 0 spiro atoms. The van der Waals surface area contributed by atoms with E-state index in [0.29, 0.717) is 24.7 Å². The third-order valence-corrected chi connectivity index (χ3v) is 3.90. The van der Waals surface area contributed by atoms with E-state index in [1.54, 1.807) is 0 Å². The first-order valence-corrected chi connectivity index (χ1v) is 7.03. The molecular weight excluding hydrogens is 246 g/mol. The maximum atomic E-state index is 11.3. The van der Waals surface area contributed by atoms with Gasteiger partial charge in [0.1, 0.15) is 6.04 Å². The van der Waals surface area contributed by atoms with E-state index in [1.165, 1.54) is 0 Å². The van der Waals surface area contributed by atoms with Crippen LogP contribution in [0.4, 0.5) is 0 Å². The van der Waals surface area contributed by atoms with Crippen LogP contribution in [0.15, 0.2) is 4.52 Å². The smallest absolute Gasteiger partial charge is 0.320 e. The molecule has 1 saturated heterocycles. The maximum Gasteiger partial charge on any atom is 0.320 e. The predicted molar refractivity (Wildman–Crippen MR) is 66.6 cm³/mol. The summed E-state index contributed by atoms with van der Waals surface area (Å²) in [6, 6.07) is -0.412. The number of aliphatic carboxylic acids is 1. The minimum Gasteiger partial charge on any atom is -0.480 e. The van der Waals surface area contributed by atoms with E-state index in [-0.39, 0.29) is 0 Å². The molecule has 1 aromatic rings. The summed E-state index contributed by atoms with van der Waals surface area (Å²) in [4.78, 5) is 17.7. The summed E-state index contributed by atoms with van der Waals surface area (Å²) in [7, 11) is 0. The second-order valence-electron chi connectivity index (χ2n) is 5.50. The first-order valence-electron chi connectivity index (χ1n) is 7.03. The normalized spacial score (nSPS) is 25.2. The molecule has 1 atom stereocenters. The van der Waals surface area contributed by atoms with Gasteiger partial charge in [-0.2, -0.15) is 4.98 Å². The predicted octanol–water partition coefficient (Wildman–Crippen LogP) is 1.78. The number of nitrogens with zero attached hydrogens (tertiary/aromatic N) is 3. The molecule has 1 saturated carbocycles. The monoisotopic (exact) mass is 265 g/mol. The van der Waals surface area contributed by atoms with Crippen LogP contribution in [-0.4, -0.2) is 38.7 Å². The molecule has 1 aliphatic carbocycles. The van der Waals surface area contributed by atoms with Crippen LogP contribution in [0.25, 0.3) is 0 Å². The molecule has 19 heavy (non-hydrogen) atoms. The quantitative estimate of drug-likeness (QED) is 0.893. The number of likely N-dealkylation sites (tertiary alicyclic amines) is 1. The molecule has 6 nitrogen and oxygen atoms in total. The van der Waals surface area contributed by atoms with E-state index < -0.39 is 12.0 Å². The Hall–Kier alpha value is -1.43. The standard InChI is InChI=1S/C13H19N3O3/c17-13(18)10-4-2-1-3-7-16(10)8-11-14-12(19-15-11)9-5-6-9/h9-10H,1-8H2,(H,17,18). The second-order valence-corrected chi connectivity index (χ2v) is 5.50. The molecule has 2 heterocycles. The summed E-state index contributed by atoms with van der Waals surface area (Å²) >= 11 is 0. The summed E-state index contributed by atoms with van der Waals surface area (Å²) in [6.07, 6.45) is 6.08. The van der Waals surface area contributed by atoms with Crippen LogP contribution >= 0.6 is 0 Å². The molecule has 3 rings (SSSR count). The fraction of sp³-hybridized carbons (Fsp3) is 0.769. The lowest BCUT2D eigenvalue weighted by Gasteiger charge is -2.24. The number of carbonyl (C=O) groups is 1. The van der Waals surface area contributed by atoms with Gasteiger partial charge < -0.3 is 9.63 Å². The van der Waals surface area contributed by atoms with E-state index in [1.807, 2.05) is 4.90 Å². The molecule has 1 unspecified atom stereocenters. The highest BCUT2D eigenvalue weighted by atomic mass is 16.5. The summed E-state index contributed by atoms with van der Waals surface area (Å²) in [6.45, 7) is 1.28. The van der Waals surface area contributed by atoms with Gasteiger partial charge in [-0.3, -0.25) is 9.69 Å². The summed E-state index contributed by atoms with van der Waals surface area (Å²) < 4.78 is 5.22. The van der Waals surface area contributed by atoms with Gasteiger partial charge in [-0.05, 0) is 32.2 Å². The summed E-state index contributed by atoms with van der Waals surface area (Å²) in [5.74, 6) is 1.04. The van der Waals surface area contributed by atoms with Gasteiger partial charge in [0.25, 0.3) is 0 Å². The molecular formula is C13H19N3O3. The minimum absolute atomic E-state index is 0.412. The molecule has 0 aromatic carbocycles. The van der Waals surface area contributed by atoms with E-state index >= 15 is 0 Å². The number of hydrogen-bond acceptors (Lipinski definition) is 5. The van der Waals surface area contributed by atoms with Crippen LogP contribution in [0, 0.1) is 0 Å². The van der Waals surface area contributed by atoms with Gasteiger partial charge in [0.15, 0.2) is 5.82 Å². The zero-order chi connectivity index (χ0) is 13.2.